The SMILES string of the molecule is CC(C)CC(N)C(=O)NC(CC(N)=O)C(=O)NC(CS)C(=O)O. The Hall–Kier alpha value is -1.81. The minimum absolute atomic E-state index is 0.148. The molecule has 0 bridgehead atoms. The first-order valence-electron chi connectivity index (χ1n) is 7.06. The average Bonchev–Trinajstić information content (AvgIpc) is 2.41. The number of carbonyl (C=O) groups excluding carboxylic acids is 3. The number of carboxylic acid groups (broad SMARTS) is 1. The molecule has 0 aromatic carbocycles. The molecule has 10 heteroatoms. The van der Waals surface area contributed by atoms with Gasteiger partial charge in [0.1, 0.15) is 12.1 Å². The number of carboxylic acids is 1. The van der Waals surface area contributed by atoms with Gasteiger partial charge in [-0.05, 0) is 12.3 Å². The largest absolute Gasteiger partial charge is 0.480 e. The van der Waals surface area contributed by atoms with Crippen molar-refractivity contribution in [1.82, 2.24) is 10.6 Å². The van der Waals surface area contributed by atoms with E-state index in [2.05, 4.69) is 23.3 Å². The molecule has 0 radical (unpaired) electrons. The number of carbonyl (C=O) groups is 4. The number of thiol groups is 1. The molecule has 0 heterocycles. The highest BCUT2D eigenvalue weighted by Crippen LogP contribution is 2.04. The van der Waals surface area contributed by atoms with Crippen molar-refractivity contribution in [3.63, 3.8) is 0 Å². The van der Waals surface area contributed by atoms with Gasteiger partial charge in [-0.1, -0.05) is 13.8 Å². The number of amides is 3. The quantitative estimate of drug-likeness (QED) is 0.255. The van der Waals surface area contributed by atoms with Crippen LogP contribution in [0.25, 0.3) is 0 Å². The zero-order valence-electron chi connectivity index (χ0n) is 13.1. The molecule has 0 saturated heterocycles. The smallest absolute Gasteiger partial charge is 0.327 e. The van der Waals surface area contributed by atoms with Gasteiger partial charge in [0.15, 0.2) is 0 Å². The molecular formula is C13H24N4O5S. The van der Waals surface area contributed by atoms with E-state index in [0.717, 1.165) is 0 Å². The number of primary amides is 1. The normalized spacial score (nSPS) is 14.7. The Morgan fingerprint density at radius 2 is 1.61 bits per heavy atom. The van der Waals surface area contributed by atoms with Gasteiger partial charge in [0.25, 0.3) is 0 Å². The van der Waals surface area contributed by atoms with Crippen LogP contribution in [0.3, 0.4) is 0 Å². The number of hydrogen-bond donors (Lipinski definition) is 6. The molecule has 23 heavy (non-hydrogen) atoms. The summed E-state index contributed by atoms with van der Waals surface area (Å²) in [7, 11) is 0. The van der Waals surface area contributed by atoms with Crippen LogP contribution in [-0.4, -0.2) is 52.7 Å². The summed E-state index contributed by atoms with van der Waals surface area (Å²) in [5.74, 6) is -3.53. The summed E-state index contributed by atoms with van der Waals surface area (Å²) in [6.07, 6.45) is -0.0734. The molecule has 0 aliphatic heterocycles. The van der Waals surface area contributed by atoms with Crippen LogP contribution in [0.15, 0.2) is 0 Å². The Balaban J connectivity index is 4.93. The fraction of sp³-hybridized carbons (Fsp3) is 0.692. The Labute approximate surface area is 139 Å². The van der Waals surface area contributed by atoms with E-state index in [1.807, 2.05) is 13.8 Å². The van der Waals surface area contributed by atoms with Crippen LogP contribution < -0.4 is 22.1 Å². The minimum Gasteiger partial charge on any atom is -0.480 e. The fourth-order valence-electron chi connectivity index (χ4n) is 1.76. The first-order valence-corrected chi connectivity index (χ1v) is 7.70. The maximum absolute atomic E-state index is 12.1. The molecule has 0 aliphatic rings. The first kappa shape index (κ1) is 21.2. The van der Waals surface area contributed by atoms with Gasteiger partial charge in [-0.2, -0.15) is 12.6 Å². The van der Waals surface area contributed by atoms with Crippen molar-refractivity contribution in [2.45, 2.75) is 44.8 Å². The molecule has 132 valence electrons. The number of nitrogens with two attached hydrogens (primary N) is 2. The minimum atomic E-state index is -1.29. The number of hydrogen-bond acceptors (Lipinski definition) is 6. The van der Waals surface area contributed by atoms with Crippen molar-refractivity contribution in [3.05, 3.63) is 0 Å². The van der Waals surface area contributed by atoms with Crippen LogP contribution in [0.1, 0.15) is 26.7 Å². The van der Waals surface area contributed by atoms with Crippen molar-refractivity contribution in [2.24, 2.45) is 17.4 Å². The summed E-state index contributed by atoms with van der Waals surface area (Å²) in [5.41, 5.74) is 10.8. The summed E-state index contributed by atoms with van der Waals surface area (Å²) in [4.78, 5) is 46.0. The van der Waals surface area contributed by atoms with Crippen LogP contribution in [0.4, 0.5) is 0 Å². The molecule has 0 spiro atoms. The number of nitrogens with one attached hydrogen (secondary N) is 2. The van der Waals surface area contributed by atoms with E-state index >= 15 is 0 Å². The van der Waals surface area contributed by atoms with E-state index in [1.165, 1.54) is 0 Å². The molecule has 3 atom stereocenters. The predicted octanol–water partition coefficient (Wildman–Crippen LogP) is -1.78. The summed E-state index contributed by atoms with van der Waals surface area (Å²) in [5, 5.41) is 13.4. The maximum Gasteiger partial charge on any atom is 0.327 e. The molecule has 3 unspecified atom stereocenters. The van der Waals surface area contributed by atoms with E-state index in [1.54, 1.807) is 0 Å². The van der Waals surface area contributed by atoms with Crippen molar-refractivity contribution in [2.75, 3.05) is 5.75 Å². The van der Waals surface area contributed by atoms with Crippen molar-refractivity contribution in [1.29, 1.82) is 0 Å². The third-order valence-corrected chi connectivity index (χ3v) is 3.26. The van der Waals surface area contributed by atoms with E-state index in [4.69, 9.17) is 16.6 Å². The van der Waals surface area contributed by atoms with E-state index < -0.39 is 48.2 Å². The highest BCUT2D eigenvalue weighted by molar-refractivity contribution is 7.80. The highest BCUT2D eigenvalue weighted by Gasteiger charge is 2.28. The zero-order chi connectivity index (χ0) is 18.2. The predicted molar refractivity (Wildman–Crippen MR) is 86.6 cm³/mol. The van der Waals surface area contributed by atoms with Gasteiger partial charge in [0.2, 0.25) is 17.7 Å². The molecule has 3 amide bonds. The lowest BCUT2D eigenvalue weighted by atomic mass is 10.0. The Morgan fingerprint density at radius 3 is 2.00 bits per heavy atom. The van der Waals surface area contributed by atoms with Crippen LogP contribution in [-0.2, 0) is 19.2 Å². The highest BCUT2D eigenvalue weighted by atomic mass is 32.1. The number of rotatable bonds is 10. The fourth-order valence-corrected chi connectivity index (χ4v) is 2.01. The van der Waals surface area contributed by atoms with E-state index in [-0.39, 0.29) is 11.7 Å². The van der Waals surface area contributed by atoms with Crippen LogP contribution in [0, 0.1) is 5.92 Å². The van der Waals surface area contributed by atoms with E-state index in [0.29, 0.717) is 6.42 Å². The molecule has 0 aromatic rings. The molecule has 0 saturated carbocycles. The molecule has 9 nitrogen and oxygen atoms in total. The Kier molecular flexibility index (Phi) is 9.27. The van der Waals surface area contributed by atoms with Gasteiger partial charge in [-0.15, -0.1) is 0 Å². The van der Waals surface area contributed by atoms with Crippen molar-refractivity contribution in [3.8, 4) is 0 Å². The monoisotopic (exact) mass is 348 g/mol. The molecule has 0 aromatic heterocycles. The summed E-state index contributed by atoms with van der Waals surface area (Å²) >= 11 is 3.81. The lowest BCUT2D eigenvalue weighted by molar-refractivity contribution is -0.141. The lowest BCUT2D eigenvalue weighted by Gasteiger charge is -2.22. The average molecular weight is 348 g/mol. The second kappa shape index (κ2) is 10.1. The molecule has 7 N–H and O–H groups in total. The second-order valence-corrected chi connectivity index (χ2v) is 5.91. The molecule has 0 rings (SSSR count). The zero-order valence-corrected chi connectivity index (χ0v) is 14.0. The van der Waals surface area contributed by atoms with Gasteiger partial charge in [-0.3, -0.25) is 14.4 Å². The number of aliphatic carboxylic acids is 1. The second-order valence-electron chi connectivity index (χ2n) is 5.55. The van der Waals surface area contributed by atoms with Crippen LogP contribution in [0.5, 0.6) is 0 Å². The summed E-state index contributed by atoms with van der Waals surface area (Å²) in [6.45, 7) is 3.76. The van der Waals surface area contributed by atoms with Crippen LogP contribution in [0.2, 0.25) is 0 Å². The van der Waals surface area contributed by atoms with E-state index in [9.17, 15) is 19.2 Å². The molecular weight excluding hydrogens is 324 g/mol. The third kappa shape index (κ3) is 8.41. The van der Waals surface area contributed by atoms with Crippen molar-refractivity contribution < 1.29 is 24.3 Å². The van der Waals surface area contributed by atoms with Gasteiger partial charge in [-0.25, -0.2) is 4.79 Å². The van der Waals surface area contributed by atoms with Gasteiger partial charge < -0.3 is 27.2 Å². The van der Waals surface area contributed by atoms with Gasteiger partial charge >= 0.3 is 5.97 Å². The van der Waals surface area contributed by atoms with Gasteiger partial charge in [0, 0.05) is 5.75 Å². The van der Waals surface area contributed by atoms with Crippen LogP contribution >= 0.6 is 12.6 Å². The Bertz CT molecular complexity index is 458. The molecule has 0 aliphatic carbocycles. The third-order valence-electron chi connectivity index (χ3n) is 2.90. The van der Waals surface area contributed by atoms with Gasteiger partial charge in [0.05, 0.1) is 12.5 Å². The topological polar surface area (TPSA) is 165 Å². The standard InChI is InChI=1S/C13H24N4O5S/c1-6(2)3-7(14)11(19)16-8(4-10(15)18)12(20)17-9(5-23)13(21)22/h6-9,23H,3-5,14H2,1-2H3,(H2,15,18)(H,16,19)(H,17,20)(H,21,22). The summed E-state index contributed by atoms with van der Waals surface area (Å²) in [6, 6.07) is -3.39. The lowest BCUT2D eigenvalue weighted by Crippen LogP contribution is -2.55. The first-order chi connectivity index (χ1) is 10.6. The maximum atomic E-state index is 12.1. The van der Waals surface area contributed by atoms with Crippen molar-refractivity contribution >= 4 is 36.3 Å². The Morgan fingerprint density at radius 1 is 1.09 bits per heavy atom. The summed E-state index contributed by atoms with van der Waals surface area (Å²) < 4.78 is 0. The molecule has 0 fully saturated rings.